The van der Waals surface area contributed by atoms with Gasteiger partial charge < -0.3 is 5.32 Å². The number of anilines is 1. The second-order valence-corrected chi connectivity index (χ2v) is 4.49. The van der Waals surface area contributed by atoms with Crippen molar-refractivity contribution in [1.82, 2.24) is 0 Å². The molecule has 2 aromatic rings. The van der Waals surface area contributed by atoms with Crippen LogP contribution in [0.15, 0.2) is 54.6 Å². The van der Waals surface area contributed by atoms with Crippen molar-refractivity contribution in [2.45, 2.75) is 0 Å². The highest BCUT2D eigenvalue weighted by Crippen LogP contribution is 2.33. The SMILES string of the molecule is Clc1ccc2c(c1)C(c1ccccc1)=CCN2. The summed E-state index contributed by atoms with van der Waals surface area (Å²) in [6.07, 6.45) is 2.20. The molecule has 84 valence electrons. The lowest BCUT2D eigenvalue weighted by Gasteiger charge is -2.20. The number of benzene rings is 2. The highest BCUT2D eigenvalue weighted by atomic mass is 35.5. The number of nitrogens with one attached hydrogen (secondary N) is 1. The van der Waals surface area contributed by atoms with E-state index in [0.717, 1.165) is 17.3 Å². The van der Waals surface area contributed by atoms with Crippen LogP contribution in [-0.2, 0) is 0 Å². The van der Waals surface area contributed by atoms with E-state index in [1.807, 2.05) is 24.3 Å². The summed E-state index contributed by atoms with van der Waals surface area (Å²) in [4.78, 5) is 0. The fourth-order valence-electron chi connectivity index (χ4n) is 2.16. The third kappa shape index (κ3) is 1.94. The average molecular weight is 242 g/mol. The summed E-state index contributed by atoms with van der Waals surface area (Å²) in [7, 11) is 0. The Hall–Kier alpha value is -1.73. The highest BCUT2D eigenvalue weighted by Gasteiger charge is 2.13. The van der Waals surface area contributed by atoms with Crippen LogP contribution in [0.2, 0.25) is 5.02 Å². The van der Waals surface area contributed by atoms with Crippen LogP contribution in [-0.4, -0.2) is 6.54 Å². The molecule has 0 saturated carbocycles. The first kappa shape index (κ1) is 10.4. The molecule has 0 amide bonds. The predicted octanol–water partition coefficient (Wildman–Crippen LogP) is 4.20. The molecule has 2 heteroatoms. The molecule has 0 saturated heterocycles. The molecule has 1 aliphatic rings. The average Bonchev–Trinajstić information content (AvgIpc) is 2.39. The number of rotatable bonds is 1. The molecule has 0 spiro atoms. The van der Waals surface area contributed by atoms with Gasteiger partial charge in [0, 0.05) is 22.8 Å². The first-order valence-corrected chi connectivity index (χ1v) is 6.02. The molecule has 0 aliphatic carbocycles. The predicted molar refractivity (Wildman–Crippen MR) is 73.5 cm³/mol. The van der Waals surface area contributed by atoms with E-state index >= 15 is 0 Å². The van der Waals surface area contributed by atoms with Gasteiger partial charge in [0.25, 0.3) is 0 Å². The molecule has 3 rings (SSSR count). The topological polar surface area (TPSA) is 12.0 Å². The molecule has 0 fully saturated rings. The number of fused-ring (bicyclic) bond motifs is 1. The van der Waals surface area contributed by atoms with Gasteiger partial charge in [-0.15, -0.1) is 0 Å². The zero-order chi connectivity index (χ0) is 11.7. The van der Waals surface area contributed by atoms with E-state index in [-0.39, 0.29) is 0 Å². The molecule has 0 atom stereocenters. The number of halogens is 1. The third-order valence-electron chi connectivity index (χ3n) is 2.96. The third-order valence-corrected chi connectivity index (χ3v) is 3.19. The Labute approximate surface area is 106 Å². The Bertz CT molecular complexity index is 573. The second kappa shape index (κ2) is 4.27. The molecule has 2 aromatic carbocycles. The van der Waals surface area contributed by atoms with Crippen molar-refractivity contribution in [2.75, 3.05) is 11.9 Å². The minimum absolute atomic E-state index is 0.772. The van der Waals surface area contributed by atoms with Crippen LogP contribution in [0.4, 0.5) is 5.69 Å². The quantitative estimate of drug-likeness (QED) is 0.789. The van der Waals surface area contributed by atoms with E-state index < -0.39 is 0 Å². The molecule has 1 nitrogen and oxygen atoms in total. The van der Waals surface area contributed by atoms with Crippen molar-refractivity contribution < 1.29 is 0 Å². The first-order valence-electron chi connectivity index (χ1n) is 5.64. The van der Waals surface area contributed by atoms with Gasteiger partial charge in [-0.3, -0.25) is 0 Å². The molecular weight excluding hydrogens is 230 g/mol. The van der Waals surface area contributed by atoms with Crippen LogP contribution >= 0.6 is 11.6 Å². The lowest BCUT2D eigenvalue weighted by atomic mass is 9.94. The first-order chi connectivity index (χ1) is 8.34. The van der Waals surface area contributed by atoms with E-state index in [1.165, 1.54) is 16.7 Å². The molecule has 0 bridgehead atoms. The second-order valence-electron chi connectivity index (χ2n) is 4.05. The van der Waals surface area contributed by atoms with E-state index in [1.54, 1.807) is 0 Å². The normalized spacial score (nSPS) is 13.6. The lowest BCUT2D eigenvalue weighted by molar-refractivity contribution is 1.29. The van der Waals surface area contributed by atoms with Crippen molar-refractivity contribution in [1.29, 1.82) is 0 Å². The Morgan fingerprint density at radius 1 is 1.00 bits per heavy atom. The van der Waals surface area contributed by atoms with Crippen molar-refractivity contribution >= 4 is 22.9 Å². The van der Waals surface area contributed by atoms with Gasteiger partial charge in [-0.25, -0.2) is 0 Å². The zero-order valence-electron chi connectivity index (χ0n) is 9.28. The summed E-state index contributed by atoms with van der Waals surface area (Å²) >= 11 is 6.07. The minimum atomic E-state index is 0.772. The monoisotopic (exact) mass is 241 g/mol. The molecule has 1 N–H and O–H groups in total. The maximum absolute atomic E-state index is 6.07. The van der Waals surface area contributed by atoms with Crippen LogP contribution in [0.3, 0.4) is 0 Å². The Morgan fingerprint density at radius 3 is 2.65 bits per heavy atom. The molecule has 1 heterocycles. The Morgan fingerprint density at radius 2 is 1.82 bits per heavy atom. The van der Waals surface area contributed by atoms with E-state index in [2.05, 4.69) is 35.7 Å². The molecule has 0 unspecified atom stereocenters. The molecule has 0 aromatic heterocycles. The van der Waals surface area contributed by atoms with E-state index in [9.17, 15) is 0 Å². The van der Waals surface area contributed by atoms with Crippen LogP contribution in [0.1, 0.15) is 11.1 Å². The minimum Gasteiger partial charge on any atom is -0.381 e. The maximum atomic E-state index is 6.07. The fraction of sp³-hybridized carbons (Fsp3) is 0.0667. The van der Waals surface area contributed by atoms with Crippen molar-refractivity contribution in [3.63, 3.8) is 0 Å². The lowest BCUT2D eigenvalue weighted by Crippen LogP contribution is -2.08. The summed E-state index contributed by atoms with van der Waals surface area (Å²) in [5, 5.41) is 4.13. The van der Waals surface area contributed by atoms with Crippen molar-refractivity contribution in [2.24, 2.45) is 0 Å². The number of hydrogen-bond donors (Lipinski definition) is 1. The highest BCUT2D eigenvalue weighted by molar-refractivity contribution is 6.31. The van der Waals surface area contributed by atoms with Gasteiger partial charge in [-0.2, -0.15) is 0 Å². The fourth-order valence-corrected chi connectivity index (χ4v) is 2.33. The van der Waals surface area contributed by atoms with Gasteiger partial charge >= 0.3 is 0 Å². The smallest absolute Gasteiger partial charge is 0.0423 e. The van der Waals surface area contributed by atoms with E-state index in [4.69, 9.17) is 11.6 Å². The van der Waals surface area contributed by atoms with Crippen LogP contribution < -0.4 is 5.32 Å². The van der Waals surface area contributed by atoms with Crippen LogP contribution in [0, 0.1) is 0 Å². The molecule has 17 heavy (non-hydrogen) atoms. The van der Waals surface area contributed by atoms with Gasteiger partial charge in [-0.05, 0) is 29.3 Å². The van der Waals surface area contributed by atoms with Crippen LogP contribution in [0.25, 0.3) is 5.57 Å². The standard InChI is InChI=1S/C15H12ClN/c16-12-6-7-15-14(10-12)13(8-9-17-15)11-4-2-1-3-5-11/h1-8,10,17H,9H2. The van der Waals surface area contributed by atoms with E-state index in [0.29, 0.717) is 0 Å². The summed E-state index contributed by atoms with van der Waals surface area (Å²) in [5.74, 6) is 0. The van der Waals surface area contributed by atoms with Gasteiger partial charge in [0.05, 0.1) is 0 Å². The van der Waals surface area contributed by atoms with Gasteiger partial charge in [0.2, 0.25) is 0 Å². The molecule has 1 aliphatic heterocycles. The molecule has 0 radical (unpaired) electrons. The van der Waals surface area contributed by atoms with Gasteiger partial charge in [0.15, 0.2) is 0 Å². The van der Waals surface area contributed by atoms with Crippen molar-refractivity contribution in [3.8, 4) is 0 Å². The summed E-state index contributed by atoms with van der Waals surface area (Å²) in [6.45, 7) is 0.860. The largest absolute Gasteiger partial charge is 0.381 e. The van der Waals surface area contributed by atoms with Gasteiger partial charge in [-0.1, -0.05) is 48.0 Å². The maximum Gasteiger partial charge on any atom is 0.0423 e. The van der Waals surface area contributed by atoms with Crippen molar-refractivity contribution in [3.05, 3.63) is 70.8 Å². The van der Waals surface area contributed by atoms with Gasteiger partial charge in [0.1, 0.15) is 0 Å². The van der Waals surface area contributed by atoms with Crippen LogP contribution in [0.5, 0.6) is 0 Å². The zero-order valence-corrected chi connectivity index (χ0v) is 10.0. The number of hydrogen-bond acceptors (Lipinski definition) is 1. The summed E-state index contributed by atoms with van der Waals surface area (Å²) in [6, 6.07) is 16.4. The summed E-state index contributed by atoms with van der Waals surface area (Å²) in [5.41, 5.74) is 4.81. The Kier molecular flexibility index (Phi) is 2.62. The summed E-state index contributed by atoms with van der Waals surface area (Å²) < 4.78 is 0. The molecular formula is C15H12ClN. The Balaban J connectivity index is 2.14.